The lowest BCUT2D eigenvalue weighted by molar-refractivity contribution is -0.667. The van der Waals surface area contributed by atoms with Crippen molar-refractivity contribution >= 4 is 11.6 Å². The summed E-state index contributed by atoms with van der Waals surface area (Å²) in [5.41, 5.74) is 1.43. The maximum Gasteiger partial charge on any atom is 0.287 e. The maximum absolute atomic E-state index is 2.38. The van der Waals surface area contributed by atoms with E-state index in [4.69, 9.17) is 0 Å². The SMILES string of the molecule is C[n+]1ccccc1N1CCc2ccc[n+](C)c21. The summed E-state index contributed by atoms with van der Waals surface area (Å²) in [5, 5.41) is 0. The summed E-state index contributed by atoms with van der Waals surface area (Å²) in [6, 6.07) is 10.7. The Hall–Kier alpha value is -1.90. The number of aryl methyl sites for hydroxylation is 2. The van der Waals surface area contributed by atoms with Crippen LogP contribution in [0.15, 0.2) is 42.7 Å². The molecule has 0 bridgehead atoms. The highest BCUT2D eigenvalue weighted by atomic mass is 15.3. The molecular weight excluding hydrogens is 210 g/mol. The van der Waals surface area contributed by atoms with Crippen LogP contribution in [0.5, 0.6) is 0 Å². The second kappa shape index (κ2) is 3.84. The monoisotopic (exact) mass is 227 g/mol. The number of fused-ring (bicyclic) bond motifs is 1. The second-order valence-electron chi connectivity index (χ2n) is 4.54. The molecule has 0 fully saturated rings. The van der Waals surface area contributed by atoms with E-state index in [1.165, 1.54) is 17.2 Å². The van der Waals surface area contributed by atoms with Gasteiger partial charge in [0.15, 0.2) is 0 Å². The standard InChI is InChI=1S/C14H17N3/c1-15-9-4-3-7-13(15)17-11-8-12-6-5-10-16(2)14(12)17/h3-7,9-10H,8,11H2,1-2H3/q+2. The van der Waals surface area contributed by atoms with Gasteiger partial charge in [-0.25, -0.2) is 9.13 Å². The Labute approximate surface area is 102 Å². The van der Waals surface area contributed by atoms with E-state index in [1.807, 2.05) is 0 Å². The van der Waals surface area contributed by atoms with E-state index in [0.717, 1.165) is 13.0 Å². The summed E-state index contributed by atoms with van der Waals surface area (Å²) in [5.74, 6) is 2.56. The Bertz CT molecular complexity index is 563. The van der Waals surface area contributed by atoms with Crippen molar-refractivity contribution in [3.63, 3.8) is 0 Å². The largest absolute Gasteiger partial charge is 0.287 e. The molecule has 0 amide bonds. The van der Waals surface area contributed by atoms with E-state index in [1.54, 1.807) is 0 Å². The molecule has 0 saturated heterocycles. The van der Waals surface area contributed by atoms with Crippen molar-refractivity contribution in [2.24, 2.45) is 14.1 Å². The quantitative estimate of drug-likeness (QED) is 0.662. The molecule has 17 heavy (non-hydrogen) atoms. The fraction of sp³-hybridized carbons (Fsp3) is 0.286. The highest BCUT2D eigenvalue weighted by Gasteiger charge is 2.33. The third-order valence-electron chi connectivity index (χ3n) is 3.39. The van der Waals surface area contributed by atoms with Gasteiger partial charge in [-0.3, -0.25) is 0 Å². The average molecular weight is 227 g/mol. The molecule has 0 N–H and O–H groups in total. The number of anilines is 2. The van der Waals surface area contributed by atoms with Crippen LogP contribution in [0, 0.1) is 0 Å². The first-order valence-electron chi connectivity index (χ1n) is 5.97. The zero-order valence-electron chi connectivity index (χ0n) is 10.3. The minimum atomic E-state index is 1.06. The highest BCUT2D eigenvalue weighted by Crippen LogP contribution is 2.28. The normalized spacial score (nSPS) is 13.9. The molecule has 1 aliphatic rings. The van der Waals surface area contributed by atoms with E-state index < -0.39 is 0 Å². The Kier molecular flexibility index (Phi) is 2.32. The topological polar surface area (TPSA) is 11.0 Å². The van der Waals surface area contributed by atoms with E-state index >= 15 is 0 Å². The summed E-state index contributed by atoms with van der Waals surface area (Å²) in [6.45, 7) is 1.06. The van der Waals surface area contributed by atoms with Gasteiger partial charge in [0, 0.05) is 18.1 Å². The van der Waals surface area contributed by atoms with Crippen LogP contribution in [0.3, 0.4) is 0 Å². The third-order valence-corrected chi connectivity index (χ3v) is 3.39. The van der Waals surface area contributed by atoms with E-state index in [9.17, 15) is 0 Å². The van der Waals surface area contributed by atoms with Crippen molar-refractivity contribution in [3.05, 3.63) is 48.3 Å². The Morgan fingerprint density at radius 3 is 2.65 bits per heavy atom. The van der Waals surface area contributed by atoms with E-state index in [-0.39, 0.29) is 0 Å². The van der Waals surface area contributed by atoms with Gasteiger partial charge in [0.05, 0.1) is 33.0 Å². The molecule has 3 heterocycles. The van der Waals surface area contributed by atoms with Gasteiger partial charge < -0.3 is 0 Å². The maximum atomic E-state index is 2.38. The molecule has 86 valence electrons. The van der Waals surface area contributed by atoms with Gasteiger partial charge >= 0.3 is 0 Å². The lowest BCUT2D eigenvalue weighted by atomic mass is 10.2. The van der Waals surface area contributed by atoms with Gasteiger partial charge in [-0.05, 0) is 18.2 Å². The van der Waals surface area contributed by atoms with Gasteiger partial charge in [-0.1, -0.05) is 6.07 Å². The molecule has 2 aromatic heterocycles. The predicted octanol–water partition coefficient (Wildman–Crippen LogP) is 1.03. The number of rotatable bonds is 1. The Morgan fingerprint density at radius 1 is 1.00 bits per heavy atom. The third kappa shape index (κ3) is 1.58. The first-order chi connectivity index (χ1) is 8.27. The van der Waals surface area contributed by atoms with Gasteiger partial charge in [0.2, 0.25) is 0 Å². The minimum Gasteiger partial charge on any atom is -0.237 e. The molecule has 0 aromatic carbocycles. The Morgan fingerprint density at radius 2 is 1.82 bits per heavy atom. The molecule has 0 radical (unpaired) electrons. The van der Waals surface area contributed by atoms with Crippen LogP contribution in [-0.4, -0.2) is 6.54 Å². The highest BCUT2D eigenvalue weighted by molar-refractivity contribution is 5.58. The number of hydrogen-bond donors (Lipinski definition) is 0. The molecule has 0 aliphatic carbocycles. The van der Waals surface area contributed by atoms with Crippen LogP contribution >= 0.6 is 0 Å². The summed E-state index contributed by atoms with van der Waals surface area (Å²) >= 11 is 0. The lowest BCUT2D eigenvalue weighted by Gasteiger charge is -2.12. The number of nitrogens with zero attached hydrogens (tertiary/aromatic N) is 3. The molecule has 0 spiro atoms. The van der Waals surface area contributed by atoms with Gasteiger partial charge in [-0.15, -0.1) is 0 Å². The molecule has 2 aromatic rings. The van der Waals surface area contributed by atoms with Crippen molar-refractivity contribution in [2.45, 2.75) is 6.42 Å². The lowest BCUT2D eigenvalue weighted by Crippen LogP contribution is -2.41. The van der Waals surface area contributed by atoms with Gasteiger partial charge in [0.25, 0.3) is 11.6 Å². The van der Waals surface area contributed by atoms with Gasteiger partial charge in [0.1, 0.15) is 0 Å². The van der Waals surface area contributed by atoms with Crippen LogP contribution in [0.2, 0.25) is 0 Å². The van der Waals surface area contributed by atoms with Crippen LogP contribution < -0.4 is 14.0 Å². The van der Waals surface area contributed by atoms with Crippen molar-refractivity contribution in [1.29, 1.82) is 0 Å². The Balaban J connectivity index is 2.13. The molecular formula is C14H17N3+2. The first kappa shape index (κ1) is 10.3. The summed E-state index contributed by atoms with van der Waals surface area (Å²) < 4.78 is 4.37. The molecule has 3 heteroatoms. The van der Waals surface area contributed by atoms with Gasteiger partial charge in [-0.2, -0.15) is 4.90 Å². The fourth-order valence-corrected chi connectivity index (χ4v) is 2.57. The molecule has 1 aliphatic heterocycles. The van der Waals surface area contributed by atoms with Crippen LogP contribution in [0.4, 0.5) is 11.6 Å². The second-order valence-corrected chi connectivity index (χ2v) is 4.54. The minimum absolute atomic E-state index is 1.06. The van der Waals surface area contributed by atoms with Crippen LogP contribution in [0.1, 0.15) is 5.56 Å². The van der Waals surface area contributed by atoms with Crippen molar-refractivity contribution < 1.29 is 9.13 Å². The molecule has 3 nitrogen and oxygen atoms in total. The van der Waals surface area contributed by atoms with Crippen LogP contribution in [-0.2, 0) is 20.5 Å². The molecule has 0 atom stereocenters. The number of aromatic nitrogens is 2. The van der Waals surface area contributed by atoms with E-state index in [2.05, 4.69) is 70.9 Å². The molecule has 0 unspecified atom stereocenters. The zero-order valence-corrected chi connectivity index (χ0v) is 10.3. The smallest absolute Gasteiger partial charge is 0.237 e. The van der Waals surface area contributed by atoms with E-state index in [0.29, 0.717) is 0 Å². The zero-order chi connectivity index (χ0) is 11.8. The predicted molar refractivity (Wildman–Crippen MR) is 65.9 cm³/mol. The van der Waals surface area contributed by atoms with Crippen molar-refractivity contribution in [3.8, 4) is 0 Å². The fourth-order valence-electron chi connectivity index (χ4n) is 2.57. The molecule has 0 saturated carbocycles. The molecule has 3 rings (SSSR count). The number of pyridine rings is 2. The number of hydrogen-bond acceptors (Lipinski definition) is 1. The first-order valence-corrected chi connectivity index (χ1v) is 5.97. The van der Waals surface area contributed by atoms with Crippen molar-refractivity contribution in [1.82, 2.24) is 0 Å². The van der Waals surface area contributed by atoms with Crippen molar-refractivity contribution in [2.75, 3.05) is 11.4 Å². The summed E-state index contributed by atoms with van der Waals surface area (Å²) in [4.78, 5) is 2.38. The summed E-state index contributed by atoms with van der Waals surface area (Å²) in [6.07, 6.45) is 5.33. The average Bonchev–Trinajstić information content (AvgIpc) is 2.75. The van der Waals surface area contributed by atoms with Crippen LogP contribution in [0.25, 0.3) is 0 Å². The summed E-state index contributed by atoms with van der Waals surface area (Å²) in [7, 11) is 4.20.